The van der Waals surface area contributed by atoms with E-state index in [9.17, 15) is 14.4 Å². The Labute approximate surface area is 201 Å². The maximum absolute atomic E-state index is 13.0. The zero-order valence-electron chi connectivity index (χ0n) is 19.1. The average molecular weight is 478 g/mol. The summed E-state index contributed by atoms with van der Waals surface area (Å²) in [6, 6.07) is 5.61. The van der Waals surface area contributed by atoms with E-state index in [4.69, 9.17) is 0 Å². The standard InChI is InChI=1S/C25H27N5O3S/c1-15-21(29-10-11-34-25(29)26-15)14-28-8-6-16(7-9-28)17-2-3-19-18(12-17)13-30(24(19)33)20-4-5-22(31)27-23(20)32/h2-3,10-12,16,20H,4-9,13-14H2,1H3,(H,27,31,32). The first kappa shape index (κ1) is 21.5. The van der Waals surface area contributed by atoms with E-state index < -0.39 is 6.04 Å². The molecule has 0 spiro atoms. The number of aromatic nitrogens is 2. The van der Waals surface area contributed by atoms with Gasteiger partial charge in [0.15, 0.2) is 4.96 Å². The maximum atomic E-state index is 13.0. The molecule has 5 heterocycles. The molecule has 0 bridgehead atoms. The predicted molar refractivity (Wildman–Crippen MR) is 128 cm³/mol. The number of nitrogens with one attached hydrogen (secondary N) is 1. The van der Waals surface area contributed by atoms with Gasteiger partial charge in [-0.1, -0.05) is 12.1 Å². The predicted octanol–water partition coefficient (Wildman–Crippen LogP) is 2.84. The summed E-state index contributed by atoms with van der Waals surface area (Å²) in [7, 11) is 0. The fourth-order valence-electron chi connectivity index (χ4n) is 5.62. The van der Waals surface area contributed by atoms with Crippen LogP contribution in [0.1, 0.15) is 64.5 Å². The summed E-state index contributed by atoms with van der Waals surface area (Å²) in [5, 5.41) is 4.45. The molecule has 9 heteroatoms. The van der Waals surface area contributed by atoms with Crippen LogP contribution in [0, 0.1) is 6.92 Å². The van der Waals surface area contributed by atoms with Crippen LogP contribution in [0.15, 0.2) is 29.8 Å². The second-order valence-electron chi connectivity index (χ2n) is 9.57. The molecule has 2 aromatic heterocycles. The van der Waals surface area contributed by atoms with E-state index in [2.05, 4.69) is 50.2 Å². The van der Waals surface area contributed by atoms with Crippen LogP contribution in [-0.4, -0.2) is 56.0 Å². The number of thiazole rings is 1. The number of hydrogen-bond donors (Lipinski definition) is 1. The Morgan fingerprint density at radius 3 is 2.76 bits per heavy atom. The molecule has 3 aliphatic rings. The van der Waals surface area contributed by atoms with E-state index >= 15 is 0 Å². The summed E-state index contributed by atoms with van der Waals surface area (Å²) in [6.45, 7) is 5.49. The summed E-state index contributed by atoms with van der Waals surface area (Å²) in [5.74, 6) is -0.267. The second kappa shape index (κ2) is 8.32. The van der Waals surface area contributed by atoms with Gasteiger partial charge >= 0.3 is 0 Å². The van der Waals surface area contributed by atoms with Gasteiger partial charge in [0.1, 0.15) is 6.04 Å². The van der Waals surface area contributed by atoms with Gasteiger partial charge in [0.05, 0.1) is 11.4 Å². The SMILES string of the molecule is Cc1nc2sccn2c1CN1CCC(c2ccc3c(c2)CN(C2CCC(=O)NC2=O)C3=O)CC1. The molecule has 1 aromatic carbocycles. The number of hydrogen-bond acceptors (Lipinski definition) is 6. The first-order chi connectivity index (χ1) is 16.5. The second-order valence-corrected chi connectivity index (χ2v) is 10.4. The van der Waals surface area contributed by atoms with Crippen molar-refractivity contribution in [3.63, 3.8) is 0 Å². The lowest BCUT2D eigenvalue weighted by Gasteiger charge is -2.32. The Morgan fingerprint density at radius 2 is 1.97 bits per heavy atom. The number of benzene rings is 1. The topological polar surface area (TPSA) is 87.0 Å². The van der Waals surface area contributed by atoms with Crippen LogP contribution in [0.3, 0.4) is 0 Å². The highest BCUT2D eigenvalue weighted by Gasteiger charge is 2.39. The largest absolute Gasteiger partial charge is 0.322 e. The number of likely N-dealkylation sites (tertiary alicyclic amines) is 1. The summed E-state index contributed by atoms with van der Waals surface area (Å²) in [5.41, 5.74) is 5.33. The van der Waals surface area contributed by atoms with Crippen LogP contribution < -0.4 is 5.32 Å². The van der Waals surface area contributed by atoms with Crippen molar-refractivity contribution in [3.8, 4) is 0 Å². The number of imide groups is 1. The Kier molecular flexibility index (Phi) is 5.26. The monoisotopic (exact) mass is 477 g/mol. The van der Waals surface area contributed by atoms with Crippen molar-refractivity contribution in [2.24, 2.45) is 0 Å². The van der Waals surface area contributed by atoms with Crippen LogP contribution in [0.4, 0.5) is 0 Å². The van der Waals surface area contributed by atoms with Crippen molar-refractivity contribution >= 4 is 34.0 Å². The number of carbonyl (C=O) groups excluding carboxylic acids is 3. The highest BCUT2D eigenvalue weighted by molar-refractivity contribution is 7.15. The van der Waals surface area contributed by atoms with Gasteiger partial charge in [-0.2, -0.15) is 0 Å². The number of amides is 3. The first-order valence-corrected chi connectivity index (χ1v) is 12.8. The van der Waals surface area contributed by atoms with Gasteiger partial charge in [0.2, 0.25) is 11.8 Å². The third kappa shape index (κ3) is 3.63. The molecule has 3 amide bonds. The zero-order chi connectivity index (χ0) is 23.4. The van der Waals surface area contributed by atoms with Gasteiger partial charge in [0.25, 0.3) is 5.91 Å². The minimum atomic E-state index is -0.564. The molecule has 34 heavy (non-hydrogen) atoms. The van der Waals surface area contributed by atoms with Gasteiger partial charge in [-0.05, 0) is 62.4 Å². The van der Waals surface area contributed by atoms with Crippen LogP contribution >= 0.6 is 11.3 Å². The van der Waals surface area contributed by atoms with E-state index in [1.54, 1.807) is 16.2 Å². The minimum absolute atomic E-state index is 0.109. The average Bonchev–Trinajstić information content (AvgIpc) is 3.49. The quantitative estimate of drug-likeness (QED) is 0.584. The maximum Gasteiger partial charge on any atom is 0.255 e. The molecular formula is C25H27N5O3S. The summed E-state index contributed by atoms with van der Waals surface area (Å²) in [6.07, 6.45) is 4.93. The molecule has 0 radical (unpaired) electrons. The summed E-state index contributed by atoms with van der Waals surface area (Å²) >= 11 is 1.67. The third-order valence-electron chi connectivity index (χ3n) is 7.54. The Morgan fingerprint density at radius 1 is 1.15 bits per heavy atom. The molecule has 6 rings (SSSR count). The van der Waals surface area contributed by atoms with E-state index in [1.165, 1.54) is 11.3 Å². The molecule has 3 aromatic rings. The van der Waals surface area contributed by atoms with Crippen molar-refractivity contribution in [1.82, 2.24) is 24.5 Å². The van der Waals surface area contributed by atoms with Crippen LogP contribution in [-0.2, 0) is 22.7 Å². The van der Waals surface area contributed by atoms with Gasteiger partial charge in [-0.25, -0.2) is 4.98 Å². The molecule has 8 nitrogen and oxygen atoms in total. The molecule has 1 N–H and O–H groups in total. The smallest absolute Gasteiger partial charge is 0.255 e. The number of fused-ring (bicyclic) bond motifs is 2. The molecule has 176 valence electrons. The number of carbonyl (C=O) groups is 3. The van der Waals surface area contributed by atoms with Crippen molar-refractivity contribution in [1.29, 1.82) is 0 Å². The van der Waals surface area contributed by atoms with Crippen molar-refractivity contribution in [2.75, 3.05) is 13.1 Å². The molecule has 0 aliphatic carbocycles. The van der Waals surface area contributed by atoms with Crippen molar-refractivity contribution in [3.05, 3.63) is 57.9 Å². The number of nitrogens with zero attached hydrogens (tertiary/aromatic N) is 4. The van der Waals surface area contributed by atoms with Crippen molar-refractivity contribution < 1.29 is 14.4 Å². The fourth-order valence-corrected chi connectivity index (χ4v) is 6.39. The summed E-state index contributed by atoms with van der Waals surface area (Å²) in [4.78, 5) is 46.6. The first-order valence-electron chi connectivity index (χ1n) is 11.9. The number of piperidine rings is 2. The Balaban J connectivity index is 1.12. The van der Waals surface area contributed by atoms with E-state index in [1.807, 2.05) is 6.07 Å². The van der Waals surface area contributed by atoms with Crippen molar-refractivity contribution in [2.45, 2.75) is 57.7 Å². The van der Waals surface area contributed by atoms with E-state index in [0.717, 1.165) is 48.7 Å². The van der Waals surface area contributed by atoms with E-state index in [-0.39, 0.29) is 24.1 Å². The van der Waals surface area contributed by atoms with Gasteiger partial charge < -0.3 is 4.90 Å². The van der Waals surface area contributed by atoms with E-state index in [0.29, 0.717) is 24.4 Å². The van der Waals surface area contributed by atoms with Crippen LogP contribution in [0.25, 0.3) is 4.96 Å². The lowest BCUT2D eigenvalue weighted by atomic mass is 9.88. The van der Waals surface area contributed by atoms with Gasteiger partial charge in [0, 0.05) is 36.7 Å². The van der Waals surface area contributed by atoms with Gasteiger partial charge in [-0.3, -0.25) is 29.0 Å². The number of rotatable bonds is 4. The van der Waals surface area contributed by atoms with Crippen LogP contribution in [0.2, 0.25) is 0 Å². The Hall–Kier alpha value is -3.04. The molecular weight excluding hydrogens is 450 g/mol. The normalized spacial score (nSPS) is 22.0. The number of imidazole rings is 1. The molecule has 1 unspecified atom stereocenters. The van der Waals surface area contributed by atoms with Crippen LogP contribution in [0.5, 0.6) is 0 Å². The Bertz CT molecular complexity index is 1300. The summed E-state index contributed by atoms with van der Waals surface area (Å²) < 4.78 is 2.21. The fraction of sp³-hybridized carbons (Fsp3) is 0.440. The third-order valence-corrected chi connectivity index (χ3v) is 8.30. The lowest BCUT2D eigenvalue weighted by molar-refractivity contribution is -0.136. The molecule has 2 saturated heterocycles. The number of aryl methyl sites for hydroxylation is 1. The highest BCUT2D eigenvalue weighted by Crippen LogP contribution is 2.34. The molecule has 3 aliphatic heterocycles. The molecule has 0 saturated carbocycles. The lowest BCUT2D eigenvalue weighted by Crippen LogP contribution is -2.52. The zero-order valence-corrected chi connectivity index (χ0v) is 19.9. The highest BCUT2D eigenvalue weighted by atomic mass is 32.1. The molecule has 2 fully saturated rings. The minimum Gasteiger partial charge on any atom is -0.322 e. The molecule has 1 atom stereocenters. The van der Waals surface area contributed by atoms with Gasteiger partial charge in [-0.15, -0.1) is 11.3 Å².